The molecule has 0 spiro atoms. The first-order valence-corrected chi connectivity index (χ1v) is 3.80. The second-order valence-electron chi connectivity index (χ2n) is 2.61. The SMILES string of the molecule is CNCc1ccc(CO)c(F)c1. The minimum Gasteiger partial charge on any atom is -0.392 e. The Morgan fingerprint density at radius 3 is 2.75 bits per heavy atom. The van der Waals surface area contributed by atoms with Crippen LogP contribution in [0.5, 0.6) is 0 Å². The van der Waals surface area contributed by atoms with Gasteiger partial charge in [0.1, 0.15) is 5.82 Å². The lowest BCUT2D eigenvalue weighted by molar-refractivity contribution is 0.275. The molecule has 1 aromatic rings. The van der Waals surface area contributed by atoms with Crippen LogP contribution < -0.4 is 5.32 Å². The Morgan fingerprint density at radius 2 is 2.25 bits per heavy atom. The summed E-state index contributed by atoms with van der Waals surface area (Å²) in [5, 5.41) is 11.6. The van der Waals surface area contributed by atoms with Crippen molar-refractivity contribution in [2.45, 2.75) is 13.2 Å². The molecule has 0 unspecified atom stereocenters. The summed E-state index contributed by atoms with van der Waals surface area (Å²) in [4.78, 5) is 0. The zero-order valence-corrected chi connectivity index (χ0v) is 6.97. The van der Waals surface area contributed by atoms with Crippen molar-refractivity contribution < 1.29 is 9.50 Å². The van der Waals surface area contributed by atoms with Crippen molar-refractivity contribution in [1.29, 1.82) is 0 Å². The monoisotopic (exact) mass is 169 g/mol. The molecule has 0 bridgehead atoms. The predicted molar refractivity (Wildman–Crippen MR) is 45.1 cm³/mol. The molecule has 0 saturated heterocycles. The molecule has 2 nitrogen and oxygen atoms in total. The summed E-state index contributed by atoms with van der Waals surface area (Å²) in [6, 6.07) is 4.83. The molecular weight excluding hydrogens is 157 g/mol. The highest BCUT2D eigenvalue weighted by Gasteiger charge is 2.00. The quantitative estimate of drug-likeness (QED) is 0.708. The van der Waals surface area contributed by atoms with E-state index in [0.29, 0.717) is 12.1 Å². The molecule has 0 atom stereocenters. The minimum absolute atomic E-state index is 0.244. The molecule has 66 valence electrons. The van der Waals surface area contributed by atoms with Crippen LogP contribution >= 0.6 is 0 Å². The van der Waals surface area contributed by atoms with Crippen LogP contribution in [0, 0.1) is 5.82 Å². The van der Waals surface area contributed by atoms with Gasteiger partial charge in [0.15, 0.2) is 0 Å². The second-order valence-corrected chi connectivity index (χ2v) is 2.61. The van der Waals surface area contributed by atoms with Crippen molar-refractivity contribution in [1.82, 2.24) is 5.32 Å². The molecule has 2 N–H and O–H groups in total. The van der Waals surface area contributed by atoms with E-state index in [4.69, 9.17) is 5.11 Å². The maximum absolute atomic E-state index is 13.0. The molecule has 0 aliphatic rings. The zero-order chi connectivity index (χ0) is 8.97. The normalized spacial score (nSPS) is 10.2. The minimum atomic E-state index is -0.342. The van der Waals surface area contributed by atoms with E-state index in [1.807, 2.05) is 0 Å². The Kier molecular flexibility index (Phi) is 3.19. The first-order valence-electron chi connectivity index (χ1n) is 3.80. The van der Waals surface area contributed by atoms with Crippen molar-refractivity contribution in [3.8, 4) is 0 Å². The van der Waals surface area contributed by atoms with Crippen LogP contribution in [0.3, 0.4) is 0 Å². The number of aliphatic hydroxyl groups is 1. The van der Waals surface area contributed by atoms with Crippen molar-refractivity contribution in [3.63, 3.8) is 0 Å². The second kappa shape index (κ2) is 4.18. The highest BCUT2D eigenvalue weighted by molar-refractivity contribution is 5.23. The van der Waals surface area contributed by atoms with Crippen molar-refractivity contribution >= 4 is 0 Å². The van der Waals surface area contributed by atoms with Gasteiger partial charge in [-0.1, -0.05) is 12.1 Å². The van der Waals surface area contributed by atoms with Gasteiger partial charge in [0.25, 0.3) is 0 Å². The molecule has 0 radical (unpaired) electrons. The van der Waals surface area contributed by atoms with Gasteiger partial charge >= 0.3 is 0 Å². The Hall–Kier alpha value is -0.930. The Morgan fingerprint density at radius 1 is 1.50 bits per heavy atom. The van der Waals surface area contributed by atoms with Crippen molar-refractivity contribution in [2.24, 2.45) is 0 Å². The summed E-state index contributed by atoms with van der Waals surface area (Å²) in [6.45, 7) is 0.397. The van der Waals surface area contributed by atoms with Gasteiger partial charge in [-0.3, -0.25) is 0 Å². The third-order valence-corrected chi connectivity index (χ3v) is 1.67. The summed E-state index contributed by atoms with van der Waals surface area (Å²) in [5.41, 5.74) is 1.22. The average molecular weight is 169 g/mol. The van der Waals surface area contributed by atoms with Gasteiger partial charge in [0, 0.05) is 12.1 Å². The maximum atomic E-state index is 13.0. The fraction of sp³-hybridized carbons (Fsp3) is 0.333. The molecule has 0 aliphatic heterocycles. The van der Waals surface area contributed by atoms with E-state index in [-0.39, 0.29) is 12.4 Å². The average Bonchev–Trinajstić information content (AvgIpc) is 2.05. The van der Waals surface area contributed by atoms with Crippen LogP contribution in [-0.4, -0.2) is 12.2 Å². The molecule has 1 aromatic carbocycles. The van der Waals surface area contributed by atoms with Crippen molar-refractivity contribution in [3.05, 3.63) is 35.1 Å². The molecule has 1 rings (SSSR count). The lowest BCUT2D eigenvalue weighted by Crippen LogP contribution is -2.05. The number of aliphatic hydroxyl groups excluding tert-OH is 1. The summed E-state index contributed by atoms with van der Waals surface area (Å²) < 4.78 is 13.0. The van der Waals surface area contributed by atoms with Gasteiger partial charge in [-0.15, -0.1) is 0 Å². The van der Waals surface area contributed by atoms with Crippen LogP contribution in [0.25, 0.3) is 0 Å². The van der Waals surface area contributed by atoms with Gasteiger partial charge in [0.2, 0.25) is 0 Å². The van der Waals surface area contributed by atoms with Gasteiger partial charge < -0.3 is 10.4 Å². The first kappa shape index (κ1) is 9.16. The lowest BCUT2D eigenvalue weighted by atomic mass is 10.1. The fourth-order valence-electron chi connectivity index (χ4n) is 1.03. The number of halogens is 1. The van der Waals surface area contributed by atoms with Gasteiger partial charge in [-0.05, 0) is 18.7 Å². The Labute approximate surface area is 71.0 Å². The summed E-state index contributed by atoms with van der Waals surface area (Å²) in [6.07, 6.45) is 0. The molecule has 0 heterocycles. The summed E-state index contributed by atoms with van der Waals surface area (Å²) in [5.74, 6) is -0.342. The van der Waals surface area contributed by atoms with E-state index < -0.39 is 0 Å². The Bertz CT molecular complexity index is 263. The van der Waals surface area contributed by atoms with E-state index >= 15 is 0 Å². The van der Waals surface area contributed by atoms with E-state index in [0.717, 1.165) is 5.56 Å². The standard InChI is InChI=1S/C9H12FNO/c1-11-5-7-2-3-8(6-12)9(10)4-7/h2-4,11-12H,5-6H2,1H3. The first-order chi connectivity index (χ1) is 5.77. The van der Waals surface area contributed by atoms with E-state index in [2.05, 4.69) is 5.32 Å². The number of nitrogens with one attached hydrogen (secondary N) is 1. The third-order valence-electron chi connectivity index (χ3n) is 1.67. The van der Waals surface area contributed by atoms with Gasteiger partial charge in [-0.25, -0.2) is 4.39 Å². The number of benzene rings is 1. The number of hydrogen-bond acceptors (Lipinski definition) is 2. The molecule has 3 heteroatoms. The molecule has 0 aromatic heterocycles. The van der Waals surface area contributed by atoms with Crippen molar-refractivity contribution in [2.75, 3.05) is 7.05 Å². The largest absolute Gasteiger partial charge is 0.392 e. The predicted octanol–water partition coefficient (Wildman–Crippen LogP) is 1.04. The third kappa shape index (κ3) is 2.03. The molecule has 0 fully saturated rings. The van der Waals surface area contributed by atoms with Crippen LogP contribution in [0.15, 0.2) is 18.2 Å². The Balaban J connectivity index is 2.86. The van der Waals surface area contributed by atoms with E-state index in [9.17, 15) is 4.39 Å². The maximum Gasteiger partial charge on any atom is 0.129 e. The molecule has 0 amide bonds. The lowest BCUT2D eigenvalue weighted by Gasteiger charge is -2.02. The smallest absolute Gasteiger partial charge is 0.129 e. The van der Waals surface area contributed by atoms with E-state index in [1.54, 1.807) is 19.2 Å². The highest BCUT2D eigenvalue weighted by Crippen LogP contribution is 2.09. The van der Waals surface area contributed by atoms with Crippen LogP contribution in [-0.2, 0) is 13.2 Å². The van der Waals surface area contributed by atoms with Gasteiger partial charge in [-0.2, -0.15) is 0 Å². The molecule has 0 saturated carbocycles. The topological polar surface area (TPSA) is 32.3 Å². The summed E-state index contributed by atoms with van der Waals surface area (Å²) >= 11 is 0. The van der Waals surface area contributed by atoms with Crippen LogP contribution in [0.1, 0.15) is 11.1 Å². The molecule has 12 heavy (non-hydrogen) atoms. The van der Waals surface area contributed by atoms with Crippen LogP contribution in [0.2, 0.25) is 0 Å². The van der Waals surface area contributed by atoms with Crippen LogP contribution in [0.4, 0.5) is 4.39 Å². The highest BCUT2D eigenvalue weighted by atomic mass is 19.1. The summed E-state index contributed by atoms with van der Waals surface area (Å²) in [7, 11) is 1.80. The number of rotatable bonds is 3. The zero-order valence-electron chi connectivity index (χ0n) is 6.97. The molecule has 0 aliphatic carbocycles. The molecular formula is C9H12FNO. The van der Waals surface area contributed by atoms with E-state index in [1.165, 1.54) is 6.07 Å². The number of hydrogen-bond donors (Lipinski definition) is 2. The van der Waals surface area contributed by atoms with Gasteiger partial charge in [0.05, 0.1) is 6.61 Å². The fourth-order valence-corrected chi connectivity index (χ4v) is 1.03.